The van der Waals surface area contributed by atoms with Crippen molar-refractivity contribution in [1.29, 1.82) is 0 Å². The van der Waals surface area contributed by atoms with Crippen molar-refractivity contribution in [2.75, 3.05) is 0 Å². The molecule has 1 aromatic carbocycles. The number of oxime groups is 1. The summed E-state index contributed by atoms with van der Waals surface area (Å²) in [7, 11) is -3.64. The lowest BCUT2D eigenvalue weighted by Gasteiger charge is -2.05. The molecule has 25 heavy (non-hydrogen) atoms. The number of hydrogen-bond donors (Lipinski definition) is 0. The number of unbranched alkanes of at least 4 members (excludes halogenated alkanes) is 2. The summed E-state index contributed by atoms with van der Waals surface area (Å²) in [6.07, 6.45) is 5.99. The van der Waals surface area contributed by atoms with E-state index in [1.54, 1.807) is 31.2 Å². The van der Waals surface area contributed by atoms with E-state index >= 15 is 0 Å². The fourth-order valence-electron chi connectivity index (χ4n) is 2.19. The molecule has 7 heteroatoms. The second-order valence-electron chi connectivity index (χ2n) is 5.65. The fraction of sp³-hybridized carbons (Fsp3) is 0.333. The largest absolute Gasteiger partial charge is 0.335 e. The molecule has 6 nitrogen and oxygen atoms in total. The monoisotopic (exact) mass is 362 g/mol. The number of hydrogen-bond acceptors (Lipinski definition) is 5. The van der Waals surface area contributed by atoms with Crippen LogP contribution in [0.2, 0.25) is 0 Å². The van der Waals surface area contributed by atoms with E-state index in [2.05, 4.69) is 12.1 Å². The summed E-state index contributed by atoms with van der Waals surface area (Å²) in [6.45, 7) is 3.72. The van der Waals surface area contributed by atoms with E-state index in [0.29, 0.717) is 17.7 Å². The Bertz CT molecular complexity index is 839. The van der Waals surface area contributed by atoms with Crippen LogP contribution in [0.25, 0.3) is 0 Å². The molecule has 0 amide bonds. The lowest BCUT2D eigenvalue weighted by Crippen LogP contribution is -2.11. The third-order valence-electron chi connectivity index (χ3n) is 3.67. The van der Waals surface area contributed by atoms with Crippen LogP contribution in [0, 0.1) is 0 Å². The van der Waals surface area contributed by atoms with Gasteiger partial charge in [-0.1, -0.05) is 43.1 Å². The van der Waals surface area contributed by atoms with Gasteiger partial charge in [0.1, 0.15) is 0 Å². The molecule has 0 aliphatic heterocycles. The Hall–Kier alpha value is -2.41. The average molecular weight is 362 g/mol. The minimum atomic E-state index is -3.64. The Morgan fingerprint density at radius 2 is 1.88 bits per heavy atom. The van der Waals surface area contributed by atoms with Crippen LogP contribution in [0.15, 0.2) is 58.8 Å². The average Bonchev–Trinajstić information content (AvgIpc) is 3.12. The molecule has 0 radical (unpaired) electrons. The lowest BCUT2D eigenvalue weighted by molar-refractivity contribution is -0.143. The van der Waals surface area contributed by atoms with E-state index in [9.17, 15) is 13.2 Å². The number of nitrogens with zero attached hydrogens (tertiary/aromatic N) is 2. The second-order valence-corrected chi connectivity index (χ2v) is 7.49. The third-order valence-corrected chi connectivity index (χ3v) is 5.32. The summed E-state index contributed by atoms with van der Waals surface area (Å²) >= 11 is 0. The van der Waals surface area contributed by atoms with Crippen LogP contribution in [0.1, 0.15) is 45.1 Å². The van der Waals surface area contributed by atoms with Crippen LogP contribution in [0.3, 0.4) is 0 Å². The van der Waals surface area contributed by atoms with Crippen LogP contribution in [0.5, 0.6) is 0 Å². The number of carbonyl (C=O) groups is 1. The van der Waals surface area contributed by atoms with Crippen molar-refractivity contribution in [2.24, 2.45) is 5.16 Å². The summed E-state index contributed by atoms with van der Waals surface area (Å²) < 4.78 is 26.2. The topological polar surface area (TPSA) is 77.7 Å². The van der Waals surface area contributed by atoms with Gasteiger partial charge in [0.15, 0.2) is 0 Å². The van der Waals surface area contributed by atoms with Crippen molar-refractivity contribution in [1.82, 2.24) is 3.97 Å². The molecule has 0 aliphatic rings. The molecule has 0 saturated heterocycles. The van der Waals surface area contributed by atoms with Crippen molar-refractivity contribution in [3.05, 3.63) is 54.4 Å². The van der Waals surface area contributed by atoms with Gasteiger partial charge < -0.3 is 4.84 Å². The maximum Gasteiger partial charge on any atom is 0.335 e. The highest BCUT2D eigenvalue weighted by Crippen LogP contribution is 2.15. The van der Waals surface area contributed by atoms with Crippen LogP contribution in [0.4, 0.5) is 0 Å². The summed E-state index contributed by atoms with van der Waals surface area (Å²) in [5.41, 5.74) is 1.01. The maximum atomic E-state index is 12.5. The molecule has 0 bridgehead atoms. The van der Waals surface area contributed by atoms with Gasteiger partial charge >= 0.3 is 5.97 Å². The van der Waals surface area contributed by atoms with Gasteiger partial charge in [-0.2, -0.15) is 0 Å². The van der Waals surface area contributed by atoms with Gasteiger partial charge in [-0.25, -0.2) is 17.2 Å². The minimum Gasteiger partial charge on any atom is -0.318 e. The number of aromatic nitrogens is 1. The normalized spacial score (nSPS) is 12.2. The Morgan fingerprint density at radius 1 is 1.16 bits per heavy atom. The van der Waals surface area contributed by atoms with Gasteiger partial charge in [0, 0.05) is 24.4 Å². The van der Waals surface area contributed by atoms with E-state index in [1.165, 1.54) is 24.5 Å². The lowest BCUT2D eigenvalue weighted by atomic mass is 10.2. The van der Waals surface area contributed by atoms with Crippen LogP contribution in [-0.4, -0.2) is 24.1 Å². The van der Waals surface area contributed by atoms with Crippen molar-refractivity contribution in [2.45, 2.75) is 44.4 Å². The van der Waals surface area contributed by atoms with Crippen molar-refractivity contribution < 1.29 is 18.0 Å². The Morgan fingerprint density at radius 3 is 2.56 bits per heavy atom. The molecule has 0 fully saturated rings. The van der Waals surface area contributed by atoms with Gasteiger partial charge in [0.25, 0.3) is 10.0 Å². The molecule has 0 N–H and O–H groups in total. The smallest absolute Gasteiger partial charge is 0.318 e. The van der Waals surface area contributed by atoms with Gasteiger partial charge in [0.05, 0.1) is 10.6 Å². The maximum absolute atomic E-state index is 12.5. The molecule has 2 aromatic rings. The Labute approximate surface area is 148 Å². The van der Waals surface area contributed by atoms with Gasteiger partial charge in [-0.3, -0.25) is 0 Å². The quantitative estimate of drug-likeness (QED) is 0.311. The highest BCUT2D eigenvalue weighted by Gasteiger charge is 2.16. The Balaban J connectivity index is 2.07. The van der Waals surface area contributed by atoms with Crippen LogP contribution in [-0.2, 0) is 19.7 Å². The molecule has 0 spiro atoms. The highest BCUT2D eigenvalue weighted by molar-refractivity contribution is 7.90. The van der Waals surface area contributed by atoms with Gasteiger partial charge in [-0.15, -0.1) is 0 Å². The molecular formula is C18H22N2O4S. The first-order chi connectivity index (χ1) is 11.9. The fourth-order valence-corrected chi connectivity index (χ4v) is 3.41. The van der Waals surface area contributed by atoms with E-state index in [-0.39, 0.29) is 10.9 Å². The van der Waals surface area contributed by atoms with Crippen molar-refractivity contribution in [3.8, 4) is 0 Å². The van der Waals surface area contributed by atoms with Gasteiger partial charge in [0.2, 0.25) is 0 Å². The van der Waals surface area contributed by atoms with E-state index in [1.807, 2.05) is 0 Å². The zero-order valence-corrected chi connectivity index (χ0v) is 15.2. The molecule has 0 aliphatic carbocycles. The van der Waals surface area contributed by atoms with E-state index in [4.69, 9.17) is 4.84 Å². The molecule has 0 saturated carbocycles. The first-order valence-corrected chi connectivity index (χ1v) is 9.62. The van der Waals surface area contributed by atoms with Crippen molar-refractivity contribution >= 4 is 21.7 Å². The predicted molar refractivity (Wildman–Crippen MR) is 95.9 cm³/mol. The highest BCUT2D eigenvalue weighted by atomic mass is 32.2. The standard InChI is InChI=1S/C18H22N2O4S/c1-3-4-6-11-18(21)24-19-15(2)16-12-13-20(14-16)25(22,23)17-9-7-5-8-10-17/h5,7-10,12-14H,3-4,6,11H2,1-2H3/b19-15-. The van der Waals surface area contributed by atoms with E-state index < -0.39 is 10.0 Å². The number of carbonyl (C=O) groups excluding carboxylic acids is 1. The molecule has 0 atom stereocenters. The molecule has 1 aromatic heterocycles. The predicted octanol–water partition coefficient (Wildman–Crippen LogP) is 3.57. The summed E-state index contributed by atoms with van der Waals surface area (Å²) in [6, 6.07) is 9.78. The number of rotatable bonds is 8. The molecule has 134 valence electrons. The first-order valence-electron chi connectivity index (χ1n) is 8.18. The van der Waals surface area contributed by atoms with Crippen LogP contribution < -0.4 is 0 Å². The molecular weight excluding hydrogens is 340 g/mol. The molecule has 1 heterocycles. The molecule has 0 unspecified atom stereocenters. The Kier molecular flexibility index (Phi) is 6.52. The van der Waals surface area contributed by atoms with Crippen molar-refractivity contribution in [3.63, 3.8) is 0 Å². The van der Waals surface area contributed by atoms with E-state index in [0.717, 1.165) is 23.2 Å². The SMILES string of the molecule is CCCCCC(=O)O/N=C(/C)c1ccn(S(=O)(=O)c2ccccc2)c1. The zero-order chi connectivity index (χ0) is 18.3. The second kappa shape index (κ2) is 8.62. The zero-order valence-electron chi connectivity index (χ0n) is 14.4. The summed E-state index contributed by atoms with van der Waals surface area (Å²) in [4.78, 5) is 16.7. The third kappa shape index (κ3) is 5.03. The first kappa shape index (κ1) is 18.9. The van der Waals surface area contributed by atoms with Gasteiger partial charge in [-0.05, 0) is 31.5 Å². The number of benzene rings is 1. The summed E-state index contributed by atoms with van der Waals surface area (Å²) in [5, 5.41) is 3.80. The summed E-state index contributed by atoms with van der Waals surface area (Å²) in [5.74, 6) is -0.385. The minimum absolute atomic E-state index is 0.203. The molecule has 2 rings (SSSR count). The van der Waals surface area contributed by atoms with Crippen LogP contribution >= 0.6 is 0 Å².